The number of carbonyl (C=O) groups is 2. The molecule has 2 heterocycles. The number of cyclic esters (lactones) is 1. The normalized spacial score (nSPS) is 15.7. The molecule has 6 rings (SSSR count). The van der Waals surface area contributed by atoms with Gasteiger partial charge in [-0.15, -0.1) is 0 Å². The Morgan fingerprint density at radius 2 is 1.51 bits per heavy atom. The number of benzene rings is 4. The third-order valence-corrected chi connectivity index (χ3v) is 7.51. The summed E-state index contributed by atoms with van der Waals surface area (Å²) in [6, 6.07) is 27.4. The van der Waals surface area contributed by atoms with Crippen LogP contribution < -0.4 is 14.5 Å². The minimum atomic E-state index is -1.94. The zero-order valence-corrected chi connectivity index (χ0v) is 25.7. The van der Waals surface area contributed by atoms with Crippen molar-refractivity contribution in [1.82, 2.24) is 10.3 Å². The first-order chi connectivity index (χ1) is 21.6. The summed E-state index contributed by atoms with van der Waals surface area (Å²) in [6.45, 7) is 0. The van der Waals surface area contributed by atoms with Gasteiger partial charge in [-0.3, -0.25) is 4.79 Å². The van der Waals surface area contributed by atoms with Crippen molar-refractivity contribution in [1.29, 1.82) is 0 Å². The van der Waals surface area contributed by atoms with Gasteiger partial charge >= 0.3 is 5.97 Å². The second-order valence-corrected chi connectivity index (χ2v) is 10.9. The summed E-state index contributed by atoms with van der Waals surface area (Å²) in [4.78, 5) is 27.5. The quantitative estimate of drug-likeness (QED) is 0.185. The number of fused-ring (bicyclic) bond motifs is 1. The van der Waals surface area contributed by atoms with E-state index in [1.165, 1.54) is 0 Å². The molecule has 1 atom stereocenters. The number of aliphatic hydroxyl groups is 1. The molecule has 0 bridgehead atoms. The number of carbonyl (C=O) groups excluding carboxylic acids is 2. The van der Waals surface area contributed by atoms with Gasteiger partial charge in [0.15, 0.2) is 0 Å². The van der Waals surface area contributed by atoms with Crippen molar-refractivity contribution >= 4 is 40.2 Å². The zero-order chi connectivity index (χ0) is 32.1. The number of nitrogens with zero attached hydrogens (tertiary/aromatic N) is 4. The lowest BCUT2D eigenvalue weighted by molar-refractivity contribution is -0.185. The summed E-state index contributed by atoms with van der Waals surface area (Å²) in [7, 11) is 9.38. The van der Waals surface area contributed by atoms with Crippen LogP contribution in [0.3, 0.4) is 0 Å². The van der Waals surface area contributed by atoms with E-state index in [4.69, 9.17) is 14.1 Å². The summed E-state index contributed by atoms with van der Waals surface area (Å²) >= 11 is 0. The van der Waals surface area contributed by atoms with Crippen molar-refractivity contribution in [2.75, 3.05) is 45.1 Å². The summed E-state index contributed by atoms with van der Waals surface area (Å²) in [5.41, 5.74) is 6.50. The van der Waals surface area contributed by atoms with Crippen molar-refractivity contribution in [3.8, 4) is 5.75 Å². The van der Waals surface area contributed by atoms with Gasteiger partial charge in [-0.05, 0) is 82.1 Å². The SMILES string of the molecule is CN(C)c1cccc(C=O)c1.COc1ccc(C2(O)OC(=O)C(c3ccc4nonc4c3)=C2Cc2cccc(N(C)C)c2)cc1. The smallest absolute Gasteiger partial charge is 0.342 e. The van der Waals surface area contributed by atoms with Crippen LogP contribution in [0.2, 0.25) is 0 Å². The van der Waals surface area contributed by atoms with Crippen LogP contribution in [-0.4, -0.2) is 63.0 Å². The summed E-state index contributed by atoms with van der Waals surface area (Å²) in [5, 5.41) is 19.5. The number of anilines is 2. The van der Waals surface area contributed by atoms with E-state index in [1.807, 2.05) is 80.5 Å². The molecule has 0 spiro atoms. The van der Waals surface area contributed by atoms with Gasteiger partial charge in [0.25, 0.3) is 5.79 Å². The maximum Gasteiger partial charge on any atom is 0.342 e. The lowest BCUT2D eigenvalue weighted by Crippen LogP contribution is -2.29. The number of ether oxygens (including phenoxy) is 2. The molecule has 0 amide bonds. The zero-order valence-electron chi connectivity index (χ0n) is 25.7. The van der Waals surface area contributed by atoms with E-state index in [-0.39, 0.29) is 0 Å². The predicted molar refractivity (Wildman–Crippen MR) is 172 cm³/mol. The van der Waals surface area contributed by atoms with Crippen LogP contribution in [0.25, 0.3) is 16.6 Å². The largest absolute Gasteiger partial charge is 0.497 e. The average Bonchev–Trinajstić information content (AvgIpc) is 3.62. The monoisotopic (exact) mass is 606 g/mol. The van der Waals surface area contributed by atoms with Gasteiger partial charge in [0.05, 0.1) is 12.7 Å². The number of methoxy groups -OCH3 is 1. The van der Waals surface area contributed by atoms with Crippen LogP contribution in [0, 0.1) is 0 Å². The highest BCUT2D eigenvalue weighted by Crippen LogP contribution is 2.45. The van der Waals surface area contributed by atoms with Crippen molar-refractivity contribution in [3.05, 3.63) is 119 Å². The standard InChI is InChI=1S/C26H23N3O5.C9H11NO/c1-29(2)19-6-4-5-16(13-19)14-21-24(17-7-12-22-23(15-17)28-34-27-22)25(30)33-26(21,31)18-8-10-20(32-3)11-9-18;1-10(2)9-5-3-4-8(6-9)7-11/h4-13,15,31H,14H2,1-3H3;3-7H,1-2H3. The molecule has 0 aliphatic carbocycles. The fraction of sp³-hybridized carbons (Fsp3) is 0.200. The van der Waals surface area contributed by atoms with Crippen LogP contribution in [0.5, 0.6) is 5.75 Å². The van der Waals surface area contributed by atoms with E-state index >= 15 is 0 Å². The Balaban J connectivity index is 0.000000309. The molecule has 0 fully saturated rings. The topological polar surface area (TPSA) is 118 Å². The Labute approximate surface area is 261 Å². The third kappa shape index (κ3) is 6.56. The average molecular weight is 607 g/mol. The number of hydrogen-bond acceptors (Lipinski definition) is 10. The van der Waals surface area contributed by atoms with Crippen LogP contribution in [0.15, 0.2) is 101 Å². The Kier molecular flexibility index (Phi) is 8.96. The first-order valence-corrected chi connectivity index (χ1v) is 14.2. The lowest BCUT2D eigenvalue weighted by Gasteiger charge is -2.26. The number of esters is 1. The molecule has 10 heteroatoms. The third-order valence-electron chi connectivity index (χ3n) is 7.51. The second kappa shape index (κ2) is 13.0. The predicted octanol–water partition coefficient (Wildman–Crippen LogP) is 5.26. The van der Waals surface area contributed by atoms with E-state index in [1.54, 1.807) is 55.6 Å². The van der Waals surface area contributed by atoms with Crippen LogP contribution in [-0.2, 0) is 21.7 Å². The maximum atomic E-state index is 13.2. The molecule has 1 N–H and O–H groups in total. The van der Waals surface area contributed by atoms with Crippen molar-refractivity contribution < 1.29 is 28.8 Å². The molecule has 230 valence electrons. The summed E-state index contributed by atoms with van der Waals surface area (Å²) in [6.07, 6.45) is 1.15. The Bertz CT molecular complexity index is 1860. The van der Waals surface area contributed by atoms with Crippen LogP contribution in [0.1, 0.15) is 27.0 Å². The Morgan fingerprint density at radius 1 is 0.844 bits per heavy atom. The van der Waals surface area contributed by atoms with E-state index < -0.39 is 11.8 Å². The summed E-state index contributed by atoms with van der Waals surface area (Å²) in [5.74, 6) is -1.93. The van der Waals surface area contributed by atoms with Gasteiger partial charge in [-0.25, -0.2) is 9.42 Å². The van der Waals surface area contributed by atoms with Gasteiger partial charge in [-0.2, -0.15) is 0 Å². The molecule has 1 aliphatic heterocycles. The number of hydrogen-bond donors (Lipinski definition) is 1. The minimum absolute atomic E-state index is 0.290. The molecule has 1 aromatic heterocycles. The van der Waals surface area contributed by atoms with E-state index in [2.05, 4.69) is 10.3 Å². The van der Waals surface area contributed by atoms with Crippen molar-refractivity contribution in [3.63, 3.8) is 0 Å². The molecule has 0 saturated carbocycles. The molecule has 45 heavy (non-hydrogen) atoms. The molecule has 10 nitrogen and oxygen atoms in total. The molecule has 0 radical (unpaired) electrons. The lowest BCUT2D eigenvalue weighted by atomic mass is 9.88. The highest BCUT2D eigenvalue weighted by molar-refractivity contribution is 6.20. The molecule has 1 aliphatic rings. The fourth-order valence-electron chi connectivity index (χ4n) is 5.05. The van der Waals surface area contributed by atoms with Gasteiger partial charge in [-0.1, -0.05) is 30.3 Å². The fourth-order valence-corrected chi connectivity index (χ4v) is 5.05. The van der Waals surface area contributed by atoms with Crippen molar-refractivity contribution in [2.45, 2.75) is 12.2 Å². The van der Waals surface area contributed by atoms with Gasteiger partial charge in [0.2, 0.25) is 0 Å². The maximum absolute atomic E-state index is 13.2. The number of rotatable bonds is 8. The van der Waals surface area contributed by atoms with Crippen LogP contribution >= 0.6 is 0 Å². The molecule has 0 saturated heterocycles. The first kappa shape index (κ1) is 31.0. The highest BCUT2D eigenvalue weighted by Gasteiger charge is 2.48. The van der Waals surface area contributed by atoms with E-state index in [0.29, 0.717) is 45.5 Å². The Hall–Kier alpha value is -5.48. The highest BCUT2D eigenvalue weighted by atomic mass is 16.7. The van der Waals surface area contributed by atoms with E-state index in [0.717, 1.165) is 28.8 Å². The van der Waals surface area contributed by atoms with Crippen LogP contribution in [0.4, 0.5) is 11.4 Å². The minimum Gasteiger partial charge on any atom is -0.497 e. The van der Waals surface area contributed by atoms with Gasteiger partial charge in [0.1, 0.15) is 23.1 Å². The summed E-state index contributed by atoms with van der Waals surface area (Å²) < 4.78 is 15.7. The molecule has 5 aromatic rings. The molecule has 4 aromatic carbocycles. The van der Waals surface area contributed by atoms with Crippen molar-refractivity contribution in [2.24, 2.45) is 0 Å². The van der Waals surface area contributed by atoms with E-state index in [9.17, 15) is 14.7 Å². The first-order valence-electron chi connectivity index (χ1n) is 14.2. The second-order valence-electron chi connectivity index (χ2n) is 10.9. The number of aromatic nitrogens is 2. The van der Waals surface area contributed by atoms with Gasteiger partial charge in [0, 0.05) is 62.7 Å². The molecular weight excluding hydrogens is 572 g/mol. The molecule has 1 unspecified atom stereocenters. The van der Waals surface area contributed by atoms with Gasteiger partial charge < -0.3 is 24.4 Å². The number of aldehydes is 1. The molecular formula is C35H34N4O6. The Morgan fingerprint density at radius 3 is 2.18 bits per heavy atom.